The first-order valence-electron chi connectivity index (χ1n) is 12.2. The minimum absolute atomic E-state index is 0.0319. The molecule has 2 aliphatic rings. The molecule has 0 radical (unpaired) electrons. The van der Waals surface area contributed by atoms with Crippen LogP contribution in [0.25, 0.3) is 0 Å². The average Bonchev–Trinajstić information content (AvgIpc) is 3.13. The van der Waals surface area contributed by atoms with E-state index in [2.05, 4.69) is 10.2 Å². The van der Waals surface area contributed by atoms with Gasteiger partial charge in [0.1, 0.15) is 17.8 Å². The van der Waals surface area contributed by atoms with Gasteiger partial charge in [-0.15, -0.1) is 0 Å². The number of piperidine rings is 1. The number of benzene rings is 2. The number of amides is 3. The van der Waals surface area contributed by atoms with Gasteiger partial charge in [-0.3, -0.25) is 14.4 Å². The summed E-state index contributed by atoms with van der Waals surface area (Å²) >= 11 is 0. The van der Waals surface area contributed by atoms with E-state index in [9.17, 15) is 14.4 Å². The Hall–Kier alpha value is -3.55. The van der Waals surface area contributed by atoms with Gasteiger partial charge in [0.15, 0.2) is 6.61 Å². The Morgan fingerprint density at radius 3 is 2.26 bits per heavy atom. The van der Waals surface area contributed by atoms with Crippen LogP contribution in [-0.4, -0.2) is 72.5 Å². The van der Waals surface area contributed by atoms with Crippen LogP contribution < -0.4 is 15.0 Å². The van der Waals surface area contributed by atoms with Crippen molar-refractivity contribution >= 4 is 23.4 Å². The van der Waals surface area contributed by atoms with Crippen LogP contribution in [0.2, 0.25) is 0 Å². The van der Waals surface area contributed by atoms with E-state index >= 15 is 0 Å². The van der Waals surface area contributed by atoms with Crippen molar-refractivity contribution in [2.75, 3.05) is 44.4 Å². The first kappa shape index (κ1) is 24.6. The predicted octanol–water partition coefficient (Wildman–Crippen LogP) is 2.51. The van der Waals surface area contributed by atoms with Crippen molar-refractivity contribution in [2.45, 2.75) is 32.2 Å². The number of rotatable bonds is 8. The number of hydrogen-bond acceptors (Lipinski definition) is 5. The van der Waals surface area contributed by atoms with Crippen molar-refractivity contribution < 1.29 is 19.1 Å². The van der Waals surface area contributed by atoms with Gasteiger partial charge >= 0.3 is 0 Å². The fourth-order valence-electron chi connectivity index (χ4n) is 4.75. The first-order valence-corrected chi connectivity index (χ1v) is 12.2. The number of nitrogens with zero attached hydrogens (tertiary/aromatic N) is 3. The van der Waals surface area contributed by atoms with E-state index in [0.717, 1.165) is 5.69 Å². The molecule has 186 valence electrons. The van der Waals surface area contributed by atoms with Crippen molar-refractivity contribution in [1.82, 2.24) is 15.1 Å². The van der Waals surface area contributed by atoms with Gasteiger partial charge in [-0.25, -0.2) is 0 Å². The highest BCUT2D eigenvalue weighted by Gasteiger charge is 2.54. The molecular weight excluding hydrogens is 444 g/mol. The van der Waals surface area contributed by atoms with Crippen molar-refractivity contribution in [3.63, 3.8) is 0 Å². The summed E-state index contributed by atoms with van der Waals surface area (Å²) in [7, 11) is 0. The summed E-state index contributed by atoms with van der Waals surface area (Å²) in [5, 5.41) is 2.91. The van der Waals surface area contributed by atoms with E-state index < -0.39 is 5.54 Å². The molecule has 2 heterocycles. The van der Waals surface area contributed by atoms with Crippen LogP contribution in [0.3, 0.4) is 0 Å². The number of nitrogens with one attached hydrogen (secondary N) is 1. The van der Waals surface area contributed by atoms with E-state index in [4.69, 9.17) is 4.74 Å². The van der Waals surface area contributed by atoms with Crippen molar-refractivity contribution in [3.8, 4) is 5.75 Å². The molecule has 3 amide bonds. The molecule has 8 nitrogen and oxygen atoms in total. The fourth-order valence-corrected chi connectivity index (χ4v) is 4.75. The van der Waals surface area contributed by atoms with Crippen LogP contribution in [0.1, 0.15) is 26.7 Å². The van der Waals surface area contributed by atoms with Crippen LogP contribution in [0.5, 0.6) is 5.75 Å². The lowest BCUT2D eigenvalue weighted by atomic mass is 9.85. The Morgan fingerprint density at radius 1 is 1.00 bits per heavy atom. The summed E-state index contributed by atoms with van der Waals surface area (Å²) < 4.78 is 5.63. The average molecular weight is 479 g/mol. The molecular formula is C27H34N4O4. The highest BCUT2D eigenvalue weighted by molar-refractivity contribution is 5.96. The van der Waals surface area contributed by atoms with Crippen molar-refractivity contribution in [3.05, 3.63) is 60.7 Å². The van der Waals surface area contributed by atoms with E-state index in [1.165, 1.54) is 0 Å². The van der Waals surface area contributed by atoms with Crippen LogP contribution in [0, 0.1) is 5.92 Å². The number of carbonyl (C=O) groups excluding carboxylic acids is 3. The summed E-state index contributed by atoms with van der Waals surface area (Å²) in [6.45, 7) is 5.92. The molecule has 35 heavy (non-hydrogen) atoms. The molecule has 2 aromatic carbocycles. The summed E-state index contributed by atoms with van der Waals surface area (Å²) in [4.78, 5) is 44.5. The number of para-hydroxylation sites is 2. The zero-order valence-electron chi connectivity index (χ0n) is 20.5. The molecule has 0 aliphatic carbocycles. The molecule has 2 aromatic rings. The first-order chi connectivity index (χ1) is 16.9. The third kappa shape index (κ3) is 5.58. The highest BCUT2D eigenvalue weighted by Crippen LogP contribution is 2.39. The van der Waals surface area contributed by atoms with Crippen LogP contribution in [0.4, 0.5) is 5.69 Å². The van der Waals surface area contributed by atoms with Crippen LogP contribution in [-0.2, 0) is 14.4 Å². The zero-order valence-corrected chi connectivity index (χ0v) is 20.5. The summed E-state index contributed by atoms with van der Waals surface area (Å²) in [6.07, 6.45) is 1.00. The minimum atomic E-state index is -0.767. The Morgan fingerprint density at radius 2 is 1.63 bits per heavy atom. The topological polar surface area (TPSA) is 82.2 Å². The van der Waals surface area contributed by atoms with Crippen molar-refractivity contribution in [1.29, 1.82) is 0 Å². The van der Waals surface area contributed by atoms with Gasteiger partial charge in [-0.1, -0.05) is 50.2 Å². The largest absolute Gasteiger partial charge is 0.484 e. The highest BCUT2D eigenvalue weighted by atomic mass is 16.5. The van der Waals surface area contributed by atoms with E-state index in [1.807, 2.05) is 74.5 Å². The molecule has 4 rings (SSSR count). The Bertz CT molecular complexity index is 1020. The maximum atomic E-state index is 13.7. The Labute approximate surface area is 206 Å². The van der Waals surface area contributed by atoms with E-state index in [-0.39, 0.29) is 30.9 Å². The maximum absolute atomic E-state index is 13.7. The molecule has 0 saturated carbocycles. The molecule has 0 bridgehead atoms. The normalized spacial score (nSPS) is 17.2. The number of hydrogen-bond donors (Lipinski definition) is 1. The molecule has 1 spiro atoms. The lowest BCUT2D eigenvalue weighted by Crippen LogP contribution is -2.58. The van der Waals surface area contributed by atoms with E-state index in [0.29, 0.717) is 50.8 Å². The van der Waals surface area contributed by atoms with Crippen molar-refractivity contribution in [2.24, 2.45) is 5.92 Å². The third-order valence-corrected chi connectivity index (χ3v) is 6.67. The second-order valence-electron chi connectivity index (χ2n) is 9.62. The van der Waals surface area contributed by atoms with Gasteiger partial charge < -0.3 is 24.8 Å². The van der Waals surface area contributed by atoms with Gasteiger partial charge in [0, 0.05) is 25.3 Å². The van der Waals surface area contributed by atoms with Gasteiger partial charge in [0.2, 0.25) is 5.91 Å². The number of likely N-dealkylation sites (tertiary alicyclic amines) is 1. The quantitative estimate of drug-likeness (QED) is 0.631. The van der Waals surface area contributed by atoms with Gasteiger partial charge in [-0.2, -0.15) is 0 Å². The van der Waals surface area contributed by atoms with Crippen LogP contribution >= 0.6 is 0 Å². The SMILES string of the molecule is CC(C)CNC(=O)CN1CN(c2ccccc2)C2(CCN(C(=O)COc3ccccc3)CC2)C1=O. The van der Waals surface area contributed by atoms with Gasteiger partial charge in [-0.05, 0) is 43.0 Å². The number of anilines is 1. The minimum Gasteiger partial charge on any atom is -0.484 e. The van der Waals surface area contributed by atoms with Gasteiger partial charge in [0.05, 0.1) is 6.67 Å². The lowest BCUT2D eigenvalue weighted by Gasteiger charge is -2.43. The third-order valence-electron chi connectivity index (χ3n) is 6.67. The summed E-state index contributed by atoms with van der Waals surface area (Å²) in [5.74, 6) is 0.705. The molecule has 0 atom stereocenters. The number of carbonyl (C=O) groups is 3. The molecule has 8 heteroatoms. The molecule has 2 fully saturated rings. The van der Waals surface area contributed by atoms with Gasteiger partial charge in [0.25, 0.3) is 11.8 Å². The molecule has 0 unspecified atom stereocenters. The smallest absolute Gasteiger partial charge is 0.260 e. The van der Waals surface area contributed by atoms with E-state index in [1.54, 1.807) is 9.80 Å². The Kier molecular flexibility index (Phi) is 7.58. The summed E-state index contributed by atoms with van der Waals surface area (Å²) in [5.41, 5.74) is 0.176. The fraction of sp³-hybridized carbons (Fsp3) is 0.444. The molecule has 0 aromatic heterocycles. The molecule has 1 N–H and O–H groups in total. The predicted molar refractivity (Wildman–Crippen MR) is 134 cm³/mol. The molecule has 2 aliphatic heterocycles. The summed E-state index contributed by atoms with van der Waals surface area (Å²) in [6, 6.07) is 19.1. The maximum Gasteiger partial charge on any atom is 0.260 e. The zero-order chi connectivity index (χ0) is 24.8. The standard InChI is InChI=1S/C27H34N4O4/c1-21(2)17-28-24(32)18-30-20-31(22-9-5-3-6-10-22)27(26(30)34)13-15-29(16-14-27)25(33)19-35-23-11-7-4-8-12-23/h3-12,21H,13-20H2,1-2H3,(H,28,32). The second kappa shape index (κ2) is 10.8. The van der Waals surface area contributed by atoms with Crippen LogP contribution in [0.15, 0.2) is 60.7 Å². The lowest BCUT2D eigenvalue weighted by molar-refractivity contribution is -0.140. The molecule has 2 saturated heterocycles. The number of ether oxygens (including phenoxy) is 1. The monoisotopic (exact) mass is 478 g/mol. The second-order valence-corrected chi connectivity index (χ2v) is 9.62. The Balaban J connectivity index is 1.44.